The van der Waals surface area contributed by atoms with Crippen molar-refractivity contribution >= 4 is 50.7 Å². The fourth-order valence-electron chi connectivity index (χ4n) is 6.84. The minimum absolute atomic E-state index is 0.381. The molecule has 1 aromatic heterocycles. The maximum absolute atomic E-state index is 14.5. The molecular formula is C27H34FIN2S. The highest BCUT2D eigenvalue weighted by Gasteiger charge is 2.42. The molecule has 2 aromatic rings. The van der Waals surface area contributed by atoms with Crippen LogP contribution in [0.15, 0.2) is 30.5 Å². The second kappa shape index (κ2) is 9.44. The Labute approximate surface area is 210 Å². The second-order valence-corrected chi connectivity index (χ2v) is 12.4. The standard InChI is InChI=1S/C27H34FIN2S/c1-2-27(28)8-5-22(6-9-27)31-26(32)13-17-11-18-14-20(15-19(18)12-17)23-7-10-30-25-4-3-21(29)16-24(23)25/h3-4,7,10,16-20,22H,2,5-6,8-9,11-15H2,1H3,(H,31,32)/t17?,18-,19+,20+,22?,27?. The van der Waals surface area contributed by atoms with Crippen LogP contribution in [-0.2, 0) is 0 Å². The smallest absolute Gasteiger partial charge is 0.111 e. The van der Waals surface area contributed by atoms with Crippen molar-refractivity contribution < 1.29 is 4.39 Å². The molecular weight excluding hydrogens is 530 g/mol. The second-order valence-electron chi connectivity index (χ2n) is 10.6. The van der Waals surface area contributed by atoms with Crippen LogP contribution in [0.1, 0.15) is 82.6 Å². The number of fused-ring (bicyclic) bond motifs is 2. The van der Waals surface area contributed by atoms with E-state index in [0.29, 0.717) is 31.2 Å². The van der Waals surface area contributed by atoms with Crippen LogP contribution in [0.4, 0.5) is 4.39 Å². The number of nitrogens with one attached hydrogen (secondary N) is 1. The van der Waals surface area contributed by atoms with E-state index in [1.165, 1.54) is 40.2 Å². The number of hydrogen-bond acceptors (Lipinski definition) is 2. The third kappa shape index (κ3) is 4.84. The lowest BCUT2D eigenvalue weighted by Crippen LogP contribution is -2.41. The van der Waals surface area contributed by atoms with E-state index in [4.69, 9.17) is 12.2 Å². The minimum atomic E-state index is -0.933. The summed E-state index contributed by atoms with van der Waals surface area (Å²) in [6, 6.07) is 9.25. The summed E-state index contributed by atoms with van der Waals surface area (Å²) in [4.78, 5) is 5.61. The molecule has 3 aliphatic carbocycles. The van der Waals surface area contributed by atoms with Crippen molar-refractivity contribution in [1.82, 2.24) is 10.3 Å². The van der Waals surface area contributed by atoms with Gasteiger partial charge in [-0.2, -0.15) is 0 Å². The summed E-state index contributed by atoms with van der Waals surface area (Å²) in [6.45, 7) is 1.97. The molecule has 5 heteroatoms. The fourth-order valence-corrected chi connectivity index (χ4v) is 7.73. The molecule has 1 heterocycles. The van der Waals surface area contributed by atoms with Gasteiger partial charge in [0.05, 0.1) is 10.5 Å². The summed E-state index contributed by atoms with van der Waals surface area (Å²) in [6.07, 6.45) is 12.1. The summed E-state index contributed by atoms with van der Waals surface area (Å²) in [7, 11) is 0. The number of pyridine rings is 1. The molecule has 172 valence electrons. The van der Waals surface area contributed by atoms with Gasteiger partial charge in [-0.05, 0) is 134 Å². The van der Waals surface area contributed by atoms with Crippen LogP contribution in [0.3, 0.4) is 0 Å². The number of nitrogens with zero attached hydrogens (tertiary/aromatic N) is 1. The number of hydrogen-bond donors (Lipinski definition) is 1. The molecule has 1 aromatic carbocycles. The molecule has 1 N–H and O–H groups in total. The molecule has 0 spiro atoms. The summed E-state index contributed by atoms with van der Waals surface area (Å²) in [5, 5.41) is 4.94. The van der Waals surface area contributed by atoms with E-state index in [1.54, 1.807) is 0 Å². The number of benzene rings is 1. The maximum Gasteiger partial charge on any atom is 0.111 e. The highest BCUT2D eigenvalue weighted by molar-refractivity contribution is 14.1. The van der Waals surface area contributed by atoms with Crippen molar-refractivity contribution in [3.8, 4) is 0 Å². The van der Waals surface area contributed by atoms with Gasteiger partial charge in [-0.1, -0.05) is 19.1 Å². The molecule has 3 fully saturated rings. The van der Waals surface area contributed by atoms with Gasteiger partial charge in [0.25, 0.3) is 0 Å². The highest BCUT2D eigenvalue weighted by atomic mass is 127. The Morgan fingerprint density at radius 1 is 1.16 bits per heavy atom. The Bertz CT molecular complexity index is 973. The van der Waals surface area contributed by atoms with Crippen LogP contribution < -0.4 is 5.32 Å². The summed E-state index contributed by atoms with van der Waals surface area (Å²) < 4.78 is 15.8. The van der Waals surface area contributed by atoms with Crippen LogP contribution in [0, 0.1) is 21.3 Å². The number of halogens is 2. The molecule has 5 rings (SSSR count). The first kappa shape index (κ1) is 22.9. The molecule has 3 saturated carbocycles. The van der Waals surface area contributed by atoms with Crippen LogP contribution >= 0.6 is 34.8 Å². The lowest BCUT2D eigenvalue weighted by molar-refractivity contribution is 0.0916. The van der Waals surface area contributed by atoms with Crippen molar-refractivity contribution in [2.45, 2.75) is 88.8 Å². The minimum Gasteiger partial charge on any atom is -0.377 e. The Balaban J connectivity index is 1.14. The Hall–Kier alpha value is -0.820. The largest absolute Gasteiger partial charge is 0.377 e. The quantitative estimate of drug-likeness (QED) is 0.297. The van der Waals surface area contributed by atoms with Gasteiger partial charge in [-0.25, -0.2) is 4.39 Å². The topological polar surface area (TPSA) is 24.9 Å². The predicted molar refractivity (Wildman–Crippen MR) is 143 cm³/mol. The van der Waals surface area contributed by atoms with Gasteiger partial charge in [-0.15, -0.1) is 0 Å². The molecule has 2 nitrogen and oxygen atoms in total. The van der Waals surface area contributed by atoms with Gasteiger partial charge < -0.3 is 5.32 Å². The van der Waals surface area contributed by atoms with E-state index in [-0.39, 0.29) is 0 Å². The van der Waals surface area contributed by atoms with E-state index in [2.05, 4.69) is 57.2 Å². The van der Waals surface area contributed by atoms with Crippen LogP contribution in [-0.4, -0.2) is 21.7 Å². The van der Waals surface area contributed by atoms with E-state index < -0.39 is 5.67 Å². The van der Waals surface area contributed by atoms with Gasteiger partial charge in [0.15, 0.2) is 0 Å². The molecule has 0 radical (unpaired) electrons. The highest BCUT2D eigenvalue weighted by Crippen LogP contribution is 2.54. The molecule has 0 bridgehead atoms. The van der Waals surface area contributed by atoms with E-state index in [0.717, 1.165) is 47.5 Å². The third-order valence-corrected chi connectivity index (χ3v) is 9.60. The zero-order valence-corrected chi connectivity index (χ0v) is 21.9. The van der Waals surface area contributed by atoms with Gasteiger partial charge >= 0.3 is 0 Å². The van der Waals surface area contributed by atoms with Crippen molar-refractivity contribution in [3.05, 3.63) is 39.6 Å². The molecule has 0 aliphatic heterocycles. The van der Waals surface area contributed by atoms with Gasteiger partial charge in [-0.3, -0.25) is 4.98 Å². The predicted octanol–water partition coefficient (Wildman–Crippen LogP) is 7.73. The lowest BCUT2D eigenvalue weighted by Gasteiger charge is -2.34. The first-order valence-corrected chi connectivity index (χ1v) is 13.9. The molecule has 0 saturated heterocycles. The number of aromatic nitrogens is 1. The van der Waals surface area contributed by atoms with Crippen molar-refractivity contribution in [1.29, 1.82) is 0 Å². The monoisotopic (exact) mass is 564 g/mol. The summed E-state index contributed by atoms with van der Waals surface area (Å²) in [5.74, 6) is 3.07. The first-order valence-electron chi connectivity index (χ1n) is 12.4. The maximum atomic E-state index is 14.5. The van der Waals surface area contributed by atoms with Crippen LogP contribution in [0.5, 0.6) is 0 Å². The fraction of sp³-hybridized carbons (Fsp3) is 0.630. The molecule has 32 heavy (non-hydrogen) atoms. The van der Waals surface area contributed by atoms with Gasteiger partial charge in [0.2, 0.25) is 0 Å². The summed E-state index contributed by atoms with van der Waals surface area (Å²) >= 11 is 8.15. The van der Waals surface area contributed by atoms with Crippen molar-refractivity contribution in [2.75, 3.05) is 0 Å². The van der Waals surface area contributed by atoms with E-state index in [1.807, 2.05) is 13.1 Å². The van der Waals surface area contributed by atoms with Crippen molar-refractivity contribution in [3.63, 3.8) is 0 Å². The molecule has 1 unspecified atom stereocenters. The molecule has 0 amide bonds. The summed E-state index contributed by atoms with van der Waals surface area (Å²) in [5.41, 5.74) is 1.70. The Morgan fingerprint density at radius 2 is 1.88 bits per heavy atom. The third-order valence-electron chi connectivity index (χ3n) is 8.65. The Kier molecular flexibility index (Phi) is 6.77. The normalized spacial score (nSPS) is 34.5. The zero-order chi connectivity index (χ0) is 22.3. The van der Waals surface area contributed by atoms with Gasteiger partial charge in [0, 0.05) is 27.6 Å². The van der Waals surface area contributed by atoms with E-state index in [9.17, 15) is 4.39 Å². The SMILES string of the molecule is CCC1(F)CCC(NC(=S)CC2C[C@@H]3C[C@H](c4ccnc5ccc(I)cc45)C[C@@H]3C2)CC1. The average molecular weight is 565 g/mol. The lowest BCUT2D eigenvalue weighted by atomic mass is 9.82. The number of thiocarbonyl (C=S) groups is 1. The average Bonchev–Trinajstić information content (AvgIpc) is 3.33. The van der Waals surface area contributed by atoms with Crippen LogP contribution in [0.25, 0.3) is 10.9 Å². The first-order chi connectivity index (χ1) is 15.4. The Morgan fingerprint density at radius 3 is 2.56 bits per heavy atom. The number of alkyl halides is 1. The molecule has 3 aliphatic rings. The van der Waals surface area contributed by atoms with Crippen LogP contribution in [0.2, 0.25) is 0 Å². The van der Waals surface area contributed by atoms with E-state index >= 15 is 0 Å². The zero-order valence-electron chi connectivity index (χ0n) is 19.0. The van der Waals surface area contributed by atoms with Gasteiger partial charge in [0.1, 0.15) is 5.67 Å². The number of rotatable bonds is 5. The molecule has 4 atom stereocenters. The van der Waals surface area contributed by atoms with Crippen molar-refractivity contribution in [2.24, 2.45) is 17.8 Å².